The second kappa shape index (κ2) is 6.67. The lowest BCUT2D eigenvalue weighted by atomic mass is 10.1. The Morgan fingerprint density at radius 2 is 2.14 bits per heavy atom. The molecule has 21 heavy (non-hydrogen) atoms. The quantitative estimate of drug-likeness (QED) is 0.938. The van der Waals surface area contributed by atoms with E-state index in [1.807, 2.05) is 6.20 Å². The van der Waals surface area contributed by atoms with Crippen molar-refractivity contribution in [3.63, 3.8) is 0 Å². The minimum absolute atomic E-state index is 0.681. The third kappa shape index (κ3) is 3.16. The fourth-order valence-electron chi connectivity index (χ4n) is 2.90. The van der Waals surface area contributed by atoms with E-state index in [2.05, 4.69) is 60.1 Å². The highest BCUT2D eigenvalue weighted by atomic mass is 32.2. The number of hydrogen-bond acceptors (Lipinski definition) is 4. The monoisotopic (exact) mass is 301 g/mol. The second-order valence-electron chi connectivity index (χ2n) is 5.56. The van der Waals surface area contributed by atoms with Gasteiger partial charge in [-0.2, -0.15) is 11.8 Å². The molecule has 0 aliphatic carbocycles. The molecule has 0 spiro atoms. The topological polar surface area (TPSA) is 28.2 Å². The Balaban J connectivity index is 2.00. The maximum absolute atomic E-state index is 4.79. The zero-order valence-corrected chi connectivity index (χ0v) is 13.6. The number of rotatable bonds is 4. The zero-order valence-electron chi connectivity index (χ0n) is 12.8. The molecule has 1 aliphatic rings. The molecule has 1 saturated heterocycles. The van der Waals surface area contributed by atoms with Crippen molar-refractivity contribution in [3.05, 3.63) is 36.0 Å². The number of anilines is 1. The molecule has 1 unspecified atom stereocenters. The lowest BCUT2D eigenvalue weighted by Gasteiger charge is -2.32. The van der Waals surface area contributed by atoms with Crippen LogP contribution in [0, 0.1) is 0 Å². The summed E-state index contributed by atoms with van der Waals surface area (Å²) in [7, 11) is 0. The van der Waals surface area contributed by atoms with Crippen LogP contribution in [-0.4, -0.2) is 35.6 Å². The Morgan fingerprint density at radius 3 is 2.90 bits per heavy atom. The Bertz CT molecular complexity index is 614. The van der Waals surface area contributed by atoms with E-state index >= 15 is 0 Å². The smallest absolute Gasteiger partial charge is 0.136 e. The average molecular weight is 301 g/mol. The summed E-state index contributed by atoms with van der Waals surface area (Å²) in [5.74, 6) is 2.34. The van der Waals surface area contributed by atoms with Gasteiger partial charge < -0.3 is 10.2 Å². The van der Waals surface area contributed by atoms with E-state index in [1.54, 1.807) is 0 Å². The Morgan fingerprint density at radius 1 is 1.33 bits per heavy atom. The van der Waals surface area contributed by atoms with E-state index < -0.39 is 0 Å². The van der Waals surface area contributed by atoms with Crippen LogP contribution in [-0.2, 0) is 6.54 Å². The summed E-state index contributed by atoms with van der Waals surface area (Å²) >= 11 is 2.06. The van der Waals surface area contributed by atoms with Gasteiger partial charge in [0.05, 0.1) is 0 Å². The number of thioether (sulfide) groups is 1. The van der Waals surface area contributed by atoms with Crippen molar-refractivity contribution < 1.29 is 0 Å². The van der Waals surface area contributed by atoms with Gasteiger partial charge >= 0.3 is 0 Å². The van der Waals surface area contributed by atoms with Gasteiger partial charge in [0.15, 0.2) is 0 Å². The van der Waals surface area contributed by atoms with Gasteiger partial charge in [-0.05, 0) is 17.5 Å². The number of hydrogen-bond donors (Lipinski definition) is 1. The summed E-state index contributed by atoms with van der Waals surface area (Å²) in [6, 6.07) is 8.66. The summed E-state index contributed by atoms with van der Waals surface area (Å²) in [6.45, 7) is 8.50. The molecule has 0 bridgehead atoms. The number of nitrogens with one attached hydrogen (secondary N) is 1. The second-order valence-corrected chi connectivity index (χ2v) is 7.11. The molecule has 3 rings (SSSR count). The molecule has 0 saturated carbocycles. The summed E-state index contributed by atoms with van der Waals surface area (Å²) in [5, 5.41) is 6.70. The van der Waals surface area contributed by atoms with Gasteiger partial charge in [-0.3, -0.25) is 0 Å². The van der Waals surface area contributed by atoms with Crippen molar-refractivity contribution in [2.24, 2.45) is 0 Å². The van der Waals surface area contributed by atoms with E-state index in [9.17, 15) is 0 Å². The molecule has 1 atom stereocenters. The van der Waals surface area contributed by atoms with Gasteiger partial charge in [-0.25, -0.2) is 4.98 Å². The number of fused-ring (bicyclic) bond motifs is 1. The highest BCUT2D eigenvalue weighted by Gasteiger charge is 2.20. The molecule has 4 heteroatoms. The van der Waals surface area contributed by atoms with Gasteiger partial charge in [0, 0.05) is 42.2 Å². The van der Waals surface area contributed by atoms with E-state index in [0.717, 1.165) is 32.0 Å². The molecular formula is C17H23N3S. The van der Waals surface area contributed by atoms with Crippen LogP contribution in [0.4, 0.5) is 5.82 Å². The molecule has 1 fully saturated rings. The fraction of sp³-hybridized carbons (Fsp3) is 0.471. The van der Waals surface area contributed by atoms with Crippen LogP contribution in [0.25, 0.3) is 10.8 Å². The number of aromatic nitrogens is 1. The molecular weight excluding hydrogens is 278 g/mol. The predicted molar refractivity (Wildman–Crippen MR) is 93.3 cm³/mol. The highest BCUT2D eigenvalue weighted by Crippen LogP contribution is 2.30. The number of nitrogens with zero attached hydrogens (tertiary/aromatic N) is 2. The van der Waals surface area contributed by atoms with Crippen LogP contribution in [0.5, 0.6) is 0 Å². The summed E-state index contributed by atoms with van der Waals surface area (Å²) in [5.41, 5.74) is 1.29. The van der Waals surface area contributed by atoms with Crippen LogP contribution in [0.15, 0.2) is 30.5 Å². The molecule has 1 N–H and O–H groups in total. The molecule has 3 nitrogen and oxygen atoms in total. The van der Waals surface area contributed by atoms with Gasteiger partial charge in [-0.1, -0.05) is 38.1 Å². The Labute approximate surface area is 131 Å². The standard InChI is InChI=1S/C17H23N3S/c1-3-18-10-14-11-19-17(16-7-5-4-6-15(14)16)20-8-9-21-13(2)12-20/h4-7,11,13,18H,3,8-10,12H2,1-2H3. The van der Waals surface area contributed by atoms with Gasteiger partial charge in [-0.15, -0.1) is 0 Å². The van der Waals surface area contributed by atoms with Crippen molar-refractivity contribution in [2.75, 3.05) is 30.3 Å². The molecule has 112 valence electrons. The first-order valence-electron chi connectivity index (χ1n) is 7.73. The number of pyridine rings is 1. The summed E-state index contributed by atoms with van der Waals surface area (Å²) in [6.07, 6.45) is 2.05. The van der Waals surface area contributed by atoms with Crippen molar-refractivity contribution in [1.82, 2.24) is 10.3 Å². The summed E-state index contributed by atoms with van der Waals surface area (Å²) in [4.78, 5) is 7.24. The van der Waals surface area contributed by atoms with E-state index in [-0.39, 0.29) is 0 Å². The zero-order chi connectivity index (χ0) is 14.7. The van der Waals surface area contributed by atoms with E-state index in [1.165, 1.54) is 22.1 Å². The minimum Gasteiger partial charge on any atom is -0.354 e. The largest absolute Gasteiger partial charge is 0.354 e. The van der Waals surface area contributed by atoms with Crippen LogP contribution < -0.4 is 10.2 Å². The van der Waals surface area contributed by atoms with Crippen molar-refractivity contribution in [3.8, 4) is 0 Å². The minimum atomic E-state index is 0.681. The Kier molecular flexibility index (Phi) is 4.66. The summed E-state index contributed by atoms with van der Waals surface area (Å²) < 4.78 is 0. The van der Waals surface area contributed by atoms with Crippen molar-refractivity contribution in [2.45, 2.75) is 25.6 Å². The lowest BCUT2D eigenvalue weighted by Crippen LogP contribution is -2.37. The predicted octanol–water partition coefficient (Wildman–Crippen LogP) is 3.29. The first-order valence-corrected chi connectivity index (χ1v) is 8.78. The van der Waals surface area contributed by atoms with Gasteiger partial charge in [0.25, 0.3) is 0 Å². The normalized spacial score (nSPS) is 19.1. The Hall–Kier alpha value is -1.26. The van der Waals surface area contributed by atoms with E-state index in [4.69, 9.17) is 4.98 Å². The SMILES string of the molecule is CCNCc1cnc(N2CCSC(C)C2)c2ccccc12. The van der Waals surface area contributed by atoms with Crippen LogP contribution in [0.2, 0.25) is 0 Å². The average Bonchev–Trinajstić information content (AvgIpc) is 2.52. The molecule has 1 aromatic carbocycles. The third-order valence-corrected chi connectivity index (χ3v) is 5.10. The van der Waals surface area contributed by atoms with Crippen LogP contribution in [0.1, 0.15) is 19.4 Å². The molecule has 2 aromatic rings. The van der Waals surface area contributed by atoms with E-state index in [0.29, 0.717) is 5.25 Å². The molecule has 0 radical (unpaired) electrons. The number of benzene rings is 1. The molecule has 1 aromatic heterocycles. The third-order valence-electron chi connectivity index (χ3n) is 3.96. The molecule has 1 aliphatic heterocycles. The first-order chi connectivity index (χ1) is 10.3. The molecule has 0 amide bonds. The fourth-order valence-corrected chi connectivity index (χ4v) is 3.91. The first kappa shape index (κ1) is 14.7. The van der Waals surface area contributed by atoms with Crippen molar-refractivity contribution in [1.29, 1.82) is 0 Å². The highest BCUT2D eigenvalue weighted by molar-refractivity contribution is 8.00. The van der Waals surface area contributed by atoms with Gasteiger partial charge in [0.1, 0.15) is 5.82 Å². The van der Waals surface area contributed by atoms with Crippen LogP contribution >= 0.6 is 11.8 Å². The van der Waals surface area contributed by atoms with Gasteiger partial charge in [0.2, 0.25) is 0 Å². The maximum Gasteiger partial charge on any atom is 0.136 e. The molecule has 2 heterocycles. The van der Waals surface area contributed by atoms with Crippen LogP contribution in [0.3, 0.4) is 0 Å². The lowest BCUT2D eigenvalue weighted by molar-refractivity contribution is 0.726. The van der Waals surface area contributed by atoms with Crippen molar-refractivity contribution >= 4 is 28.4 Å². The maximum atomic E-state index is 4.79.